The highest BCUT2D eigenvalue weighted by Crippen LogP contribution is 2.22. The van der Waals surface area contributed by atoms with Gasteiger partial charge in [0.15, 0.2) is 5.78 Å². The third kappa shape index (κ3) is 4.49. The number of Topliss-reactive ketones (excluding diaryl/α,β-unsaturated/α-hetero) is 1. The molecule has 0 bridgehead atoms. The first-order valence-electron chi connectivity index (χ1n) is 9.35. The summed E-state index contributed by atoms with van der Waals surface area (Å²) in [6.45, 7) is 4.48. The highest BCUT2D eigenvalue weighted by atomic mass is 32.2. The number of ketones is 1. The van der Waals surface area contributed by atoms with Crippen LogP contribution in [0.1, 0.15) is 47.7 Å². The van der Waals surface area contributed by atoms with Gasteiger partial charge in [-0.3, -0.25) is 9.69 Å². The summed E-state index contributed by atoms with van der Waals surface area (Å²) in [6, 6.07) is 6.13. The summed E-state index contributed by atoms with van der Waals surface area (Å²) in [4.78, 5) is 14.7. The zero-order valence-corrected chi connectivity index (χ0v) is 15.9. The number of aryl methyl sites for hydroxylation is 2. The molecule has 6 heteroatoms. The maximum Gasteiger partial charge on any atom is 0.214 e. The summed E-state index contributed by atoms with van der Waals surface area (Å²) < 4.78 is 25.8. The average Bonchev–Trinajstić information content (AvgIpc) is 2.61. The van der Waals surface area contributed by atoms with Crippen LogP contribution in [0.5, 0.6) is 0 Å². The van der Waals surface area contributed by atoms with E-state index in [9.17, 15) is 13.2 Å². The van der Waals surface area contributed by atoms with Gasteiger partial charge >= 0.3 is 0 Å². The van der Waals surface area contributed by atoms with Crippen LogP contribution in [0, 0.1) is 0 Å². The number of carbonyl (C=O) groups is 1. The van der Waals surface area contributed by atoms with Crippen LogP contribution >= 0.6 is 0 Å². The van der Waals surface area contributed by atoms with E-state index in [2.05, 4.69) is 17.0 Å². The quantitative estimate of drug-likeness (QED) is 0.726. The smallest absolute Gasteiger partial charge is 0.214 e. The summed E-state index contributed by atoms with van der Waals surface area (Å²) in [6.07, 6.45) is 5.28. The fourth-order valence-electron chi connectivity index (χ4n) is 3.75. The predicted molar refractivity (Wildman–Crippen MR) is 99.5 cm³/mol. The summed E-state index contributed by atoms with van der Waals surface area (Å²) in [5.74, 6) is 0.347. The largest absolute Gasteiger partial charge is 0.293 e. The molecule has 5 nitrogen and oxygen atoms in total. The van der Waals surface area contributed by atoms with Gasteiger partial charge in [-0.25, -0.2) is 8.42 Å². The third-order valence-corrected chi connectivity index (χ3v) is 7.30. The highest BCUT2D eigenvalue weighted by molar-refractivity contribution is 7.89. The molecule has 2 aliphatic rings. The molecule has 1 fully saturated rings. The Morgan fingerprint density at radius 3 is 2.40 bits per heavy atom. The van der Waals surface area contributed by atoms with E-state index in [1.807, 2.05) is 13.0 Å². The molecule has 0 atom stereocenters. The van der Waals surface area contributed by atoms with Crippen molar-refractivity contribution in [1.82, 2.24) is 9.21 Å². The van der Waals surface area contributed by atoms with E-state index in [4.69, 9.17) is 0 Å². The normalized spacial score (nSPS) is 19.6. The Morgan fingerprint density at radius 2 is 1.72 bits per heavy atom. The molecule has 1 saturated heterocycles. The van der Waals surface area contributed by atoms with Gasteiger partial charge in [0.05, 0.1) is 12.3 Å². The van der Waals surface area contributed by atoms with E-state index in [0.717, 1.165) is 18.4 Å². The fourth-order valence-corrected chi connectivity index (χ4v) is 5.25. The number of rotatable bonds is 6. The molecule has 1 aromatic rings. The average molecular weight is 365 g/mol. The molecule has 0 amide bonds. The monoisotopic (exact) mass is 364 g/mol. The minimum Gasteiger partial charge on any atom is -0.293 e. The molecule has 0 radical (unpaired) electrons. The van der Waals surface area contributed by atoms with E-state index in [-0.39, 0.29) is 11.5 Å². The van der Waals surface area contributed by atoms with Crippen LogP contribution in [0.3, 0.4) is 0 Å². The van der Waals surface area contributed by atoms with Crippen LogP contribution in [0.25, 0.3) is 0 Å². The van der Waals surface area contributed by atoms with Crippen LogP contribution in [-0.2, 0) is 22.9 Å². The predicted octanol–water partition coefficient (Wildman–Crippen LogP) is 2.11. The summed E-state index contributed by atoms with van der Waals surface area (Å²) in [5, 5.41) is 0. The molecule has 25 heavy (non-hydrogen) atoms. The number of hydrogen-bond acceptors (Lipinski definition) is 4. The lowest BCUT2D eigenvalue weighted by atomic mass is 9.90. The van der Waals surface area contributed by atoms with Crippen LogP contribution < -0.4 is 0 Å². The lowest BCUT2D eigenvalue weighted by molar-refractivity contribution is 0.0901. The number of hydrogen-bond donors (Lipinski definition) is 0. The van der Waals surface area contributed by atoms with Gasteiger partial charge in [-0.1, -0.05) is 19.1 Å². The van der Waals surface area contributed by atoms with Gasteiger partial charge in [-0.05, 0) is 49.3 Å². The Hall–Kier alpha value is -1.24. The van der Waals surface area contributed by atoms with Crippen molar-refractivity contribution in [1.29, 1.82) is 0 Å². The van der Waals surface area contributed by atoms with Crippen LogP contribution in [0.4, 0.5) is 0 Å². The lowest BCUT2D eigenvalue weighted by Gasteiger charge is -2.33. The van der Waals surface area contributed by atoms with E-state index < -0.39 is 10.0 Å². The SMILES string of the molecule is CCCS(=O)(=O)N1CCN(CC(=O)c2ccc3c(c2)CCCC3)CC1. The van der Waals surface area contributed by atoms with Crippen LogP contribution in [0.2, 0.25) is 0 Å². The molecule has 138 valence electrons. The number of carbonyl (C=O) groups excluding carboxylic acids is 1. The first kappa shape index (κ1) is 18.5. The Morgan fingerprint density at radius 1 is 1.04 bits per heavy atom. The van der Waals surface area contributed by atoms with Crippen molar-refractivity contribution in [3.63, 3.8) is 0 Å². The highest BCUT2D eigenvalue weighted by Gasteiger charge is 2.27. The van der Waals surface area contributed by atoms with Crippen molar-refractivity contribution in [2.24, 2.45) is 0 Å². The zero-order valence-electron chi connectivity index (χ0n) is 15.0. The minimum atomic E-state index is -3.13. The minimum absolute atomic E-state index is 0.137. The molecule has 1 aliphatic heterocycles. The zero-order chi connectivity index (χ0) is 17.9. The number of piperazine rings is 1. The Kier molecular flexibility index (Phi) is 5.92. The molecule has 0 N–H and O–H groups in total. The maximum atomic E-state index is 12.6. The topological polar surface area (TPSA) is 57.7 Å². The Bertz CT molecular complexity index is 722. The van der Waals surface area contributed by atoms with Crippen molar-refractivity contribution in [2.45, 2.75) is 39.0 Å². The van der Waals surface area contributed by atoms with Crippen molar-refractivity contribution < 1.29 is 13.2 Å². The molecule has 0 saturated carbocycles. The summed E-state index contributed by atoms with van der Waals surface area (Å²) in [5.41, 5.74) is 3.51. The molecular weight excluding hydrogens is 336 g/mol. The van der Waals surface area contributed by atoms with Gasteiger partial charge < -0.3 is 0 Å². The Balaban J connectivity index is 1.56. The van der Waals surface area contributed by atoms with E-state index in [1.165, 1.54) is 24.0 Å². The van der Waals surface area contributed by atoms with Gasteiger partial charge in [0, 0.05) is 31.7 Å². The van der Waals surface area contributed by atoms with Crippen molar-refractivity contribution in [3.8, 4) is 0 Å². The Labute approximate surface area is 151 Å². The molecule has 0 unspecified atom stereocenters. The molecule has 3 rings (SSSR count). The van der Waals surface area contributed by atoms with Crippen LogP contribution in [-0.4, -0.2) is 61.9 Å². The maximum absolute atomic E-state index is 12.6. The van der Waals surface area contributed by atoms with Gasteiger partial charge in [0.2, 0.25) is 10.0 Å². The molecular formula is C19H28N2O3S. The van der Waals surface area contributed by atoms with Gasteiger partial charge in [0.25, 0.3) is 0 Å². The number of benzene rings is 1. The van der Waals surface area contributed by atoms with Crippen LogP contribution in [0.15, 0.2) is 18.2 Å². The second-order valence-electron chi connectivity index (χ2n) is 7.10. The van der Waals surface area contributed by atoms with E-state index in [1.54, 1.807) is 4.31 Å². The number of nitrogens with zero attached hydrogens (tertiary/aromatic N) is 2. The molecule has 1 heterocycles. The van der Waals surface area contributed by atoms with Crippen molar-refractivity contribution >= 4 is 15.8 Å². The first-order valence-corrected chi connectivity index (χ1v) is 11.0. The van der Waals surface area contributed by atoms with Gasteiger partial charge in [0.1, 0.15) is 0 Å². The standard InChI is InChI=1S/C19H28N2O3S/c1-2-13-25(23,24)21-11-9-20(10-12-21)15-19(22)18-8-7-16-5-3-4-6-17(16)14-18/h7-8,14H,2-6,9-13,15H2,1H3. The molecule has 0 spiro atoms. The third-order valence-electron chi connectivity index (χ3n) is 5.22. The van der Waals surface area contributed by atoms with E-state index in [0.29, 0.717) is 39.1 Å². The second kappa shape index (κ2) is 7.98. The summed E-state index contributed by atoms with van der Waals surface area (Å²) >= 11 is 0. The molecule has 1 aliphatic carbocycles. The lowest BCUT2D eigenvalue weighted by Crippen LogP contribution is -2.50. The number of fused-ring (bicyclic) bond motifs is 1. The summed E-state index contributed by atoms with van der Waals surface area (Å²) in [7, 11) is -3.13. The van der Waals surface area contributed by atoms with Crippen molar-refractivity contribution in [3.05, 3.63) is 34.9 Å². The van der Waals surface area contributed by atoms with Crippen molar-refractivity contribution in [2.75, 3.05) is 38.5 Å². The van der Waals surface area contributed by atoms with Gasteiger partial charge in [-0.2, -0.15) is 4.31 Å². The second-order valence-corrected chi connectivity index (χ2v) is 9.19. The van der Waals surface area contributed by atoms with E-state index >= 15 is 0 Å². The molecule has 0 aromatic heterocycles. The molecule has 1 aromatic carbocycles. The fraction of sp³-hybridized carbons (Fsp3) is 0.632. The van der Waals surface area contributed by atoms with Gasteiger partial charge in [-0.15, -0.1) is 0 Å². The first-order chi connectivity index (χ1) is 12.0. The number of sulfonamides is 1.